The Kier molecular flexibility index (Phi) is 3.00. The van der Waals surface area contributed by atoms with Gasteiger partial charge < -0.3 is 9.88 Å². The van der Waals surface area contributed by atoms with E-state index in [-0.39, 0.29) is 5.91 Å². The number of benzene rings is 1. The summed E-state index contributed by atoms with van der Waals surface area (Å²) in [5.74, 6) is -0.0988. The van der Waals surface area contributed by atoms with Crippen molar-refractivity contribution in [1.82, 2.24) is 19.9 Å². The van der Waals surface area contributed by atoms with E-state index >= 15 is 0 Å². The number of carbonyl (C=O) groups excluding carboxylic acids is 1. The maximum atomic E-state index is 12.1. The first-order chi connectivity index (χ1) is 9.24. The Balaban J connectivity index is 1.79. The lowest BCUT2D eigenvalue weighted by Gasteiger charge is -2.04. The molecule has 0 aliphatic heterocycles. The Morgan fingerprint density at radius 3 is 3.11 bits per heavy atom. The summed E-state index contributed by atoms with van der Waals surface area (Å²) in [4.78, 5) is 20.4. The summed E-state index contributed by atoms with van der Waals surface area (Å²) in [6, 6.07) is 5.49. The quantitative estimate of drug-likeness (QED) is 0.793. The van der Waals surface area contributed by atoms with Crippen molar-refractivity contribution >= 4 is 28.3 Å². The van der Waals surface area contributed by atoms with E-state index in [0.717, 1.165) is 16.0 Å². The standard InChI is InChI=1S/C13H12N4OS/c1-17-8-16-10-3-2-9(6-11(10)17)13(18)15-7-12-14-4-5-19-12/h2-6,8H,7H2,1H3,(H,15,18). The van der Waals surface area contributed by atoms with E-state index in [0.29, 0.717) is 12.1 Å². The van der Waals surface area contributed by atoms with E-state index in [4.69, 9.17) is 0 Å². The van der Waals surface area contributed by atoms with E-state index in [2.05, 4.69) is 15.3 Å². The van der Waals surface area contributed by atoms with E-state index in [1.165, 1.54) is 11.3 Å². The van der Waals surface area contributed by atoms with Crippen molar-refractivity contribution in [2.45, 2.75) is 6.54 Å². The monoisotopic (exact) mass is 272 g/mol. The zero-order valence-electron chi connectivity index (χ0n) is 10.3. The molecular formula is C13H12N4OS. The highest BCUT2D eigenvalue weighted by Gasteiger charge is 2.08. The average Bonchev–Trinajstić information content (AvgIpc) is 3.06. The molecule has 3 aromatic rings. The lowest BCUT2D eigenvalue weighted by atomic mass is 10.2. The molecule has 96 valence electrons. The number of nitrogens with zero attached hydrogens (tertiary/aromatic N) is 3. The van der Waals surface area contributed by atoms with Gasteiger partial charge in [0.1, 0.15) is 5.01 Å². The first-order valence-electron chi connectivity index (χ1n) is 5.82. The van der Waals surface area contributed by atoms with Gasteiger partial charge in [-0.15, -0.1) is 11.3 Å². The fourth-order valence-electron chi connectivity index (χ4n) is 1.87. The summed E-state index contributed by atoms with van der Waals surface area (Å²) < 4.78 is 1.90. The Labute approximate surface area is 113 Å². The third kappa shape index (κ3) is 2.34. The number of nitrogens with one attached hydrogen (secondary N) is 1. The van der Waals surface area contributed by atoms with Crippen molar-refractivity contribution in [3.05, 3.63) is 46.7 Å². The molecule has 1 amide bonds. The van der Waals surface area contributed by atoms with Gasteiger partial charge >= 0.3 is 0 Å². The van der Waals surface area contributed by atoms with Gasteiger partial charge in [-0.05, 0) is 18.2 Å². The van der Waals surface area contributed by atoms with Gasteiger partial charge in [-0.2, -0.15) is 0 Å². The molecule has 2 heterocycles. The van der Waals surface area contributed by atoms with Gasteiger partial charge in [0.15, 0.2) is 0 Å². The van der Waals surface area contributed by atoms with Crippen molar-refractivity contribution in [3.63, 3.8) is 0 Å². The number of aryl methyl sites for hydroxylation is 1. The van der Waals surface area contributed by atoms with Crippen LogP contribution in [-0.2, 0) is 13.6 Å². The number of aromatic nitrogens is 3. The summed E-state index contributed by atoms with van der Waals surface area (Å²) in [7, 11) is 1.91. The summed E-state index contributed by atoms with van der Waals surface area (Å²) >= 11 is 1.53. The molecule has 0 unspecified atom stereocenters. The molecule has 0 radical (unpaired) electrons. The smallest absolute Gasteiger partial charge is 0.251 e. The van der Waals surface area contributed by atoms with Crippen LogP contribution in [-0.4, -0.2) is 20.4 Å². The third-order valence-electron chi connectivity index (χ3n) is 2.87. The second-order valence-electron chi connectivity index (χ2n) is 4.17. The molecule has 19 heavy (non-hydrogen) atoms. The first-order valence-corrected chi connectivity index (χ1v) is 6.69. The Hall–Kier alpha value is -2.21. The number of thiazole rings is 1. The van der Waals surface area contributed by atoms with Crippen molar-refractivity contribution in [3.8, 4) is 0 Å². The van der Waals surface area contributed by atoms with Crippen LogP contribution in [0.25, 0.3) is 11.0 Å². The van der Waals surface area contributed by atoms with Crippen LogP contribution < -0.4 is 5.32 Å². The molecule has 0 spiro atoms. The van der Waals surface area contributed by atoms with Gasteiger partial charge in [-0.25, -0.2) is 9.97 Å². The zero-order chi connectivity index (χ0) is 13.2. The minimum Gasteiger partial charge on any atom is -0.346 e. The largest absolute Gasteiger partial charge is 0.346 e. The highest BCUT2D eigenvalue weighted by Crippen LogP contribution is 2.14. The fraction of sp³-hybridized carbons (Fsp3) is 0.154. The SMILES string of the molecule is Cn1cnc2ccc(C(=O)NCc3nccs3)cc21. The molecular weight excluding hydrogens is 260 g/mol. The molecule has 0 bridgehead atoms. The normalized spacial score (nSPS) is 10.8. The lowest BCUT2D eigenvalue weighted by Crippen LogP contribution is -2.22. The Morgan fingerprint density at radius 2 is 2.32 bits per heavy atom. The molecule has 5 nitrogen and oxygen atoms in total. The van der Waals surface area contributed by atoms with Gasteiger partial charge in [0.25, 0.3) is 5.91 Å². The number of fused-ring (bicyclic) bond motifs is 1. The number of amides is 1. The molecule has 0 saturated carbocycles. The average molecular weight is 272 g/mol. The van der Waals surface area contributed by atoms with E-state index in [1.54, 1.807) is 18.6 Å². The van der Waals surface area contributed by atoms with Crippen molar-refractivity contribution in [2.24, 2.45) is 7.05 Å². The predicted octanol–water partition coefficient (Wildman–Crippen LogP) is 1.96. The van der Waals surface area contributed by atoms with Crippen LogP contribution >= 0.6 is 11.3 Å². The lowest BCUT2D eigenvalue weighted by molar-refractivity contribution is 0.0951. The number of imidazole rings is 1. The van der Waals surface area contributed by atoms with Crippen molar-refractivity contribution in [2.75, 3.05) is 0 Å². The van der Waals surface area contributed by atoms with Gasteiger partial charge in [0, 0.05) is 24.2 Å². The number of rotatable bonds is 3. The van der Waals surface area contributed by atoms with Crippen LogP contribution in [0.5, 0.6) is 0 Å². The maximum Gasteiger partial charge on any atom is 0.251 e. The minimum absolute atomic E-state index is 0.0988. The van der Waals surface area contributed by atoms with Crippen molar-refractivity contribution in [1.29, 1.82) is 0 Å². The molecule has 3 rings (SSSR count). The van der Waals surface area contributed by atoms with E-state index < -0.39 is 0 Å². The Morgan fingerprint density at radius 1 is 1.42 bits per heavy atom. The molecule has 0 atom stereocenters. The van der Waals surface area contributed by atoms with E-state index in [1.807, 2.05) is 29.1 Å². The second kappa shape index (κ2) is 4.81. The molecule has 2 aromatic heterocycles. The molecule has 1 N–H and O–H groups in total. The zero-order valence-corrected chi connectivity index (χ0v) is 11.1. The second-order valence-corrected chi connectivity index (χ2v) is 5.15. The predicted molar refractivity (Wildman–Crippen MR) is 74.0 cm³/mol. The minimum atomic E-state index is -0.0988. The molecule has 0 fully saturated rings. The summed E-state index contributed by atoms with van der Waals surface area (Å²) in [5.41, 5.74) is 2.47. The van der Waals surface area contributed by atoms with Crippen LogP contribution in [0.15, 0.2) is 36.1 Å². The highest BCUT2D eigenvalue weighted by atomic mass is 32.1. The number of hydrogen-bond donors (Lipinski definition) is 1. The van der Waals surface area contributed by atoms with Crippen LogP contribution in [0.4, 0.5) is 0 Å². The number of carbonyl (C=O) groups is 1. The summed E-state index contributed by atoms with van der Waals surface area (Å²) in [6.45, 7) is 0.458. The molecule has 0 aliphatic carbocycles. The first kappa shape index (κ1) is 11.9. The van der Waals surface area contributed by atoms with Crippen LogP contribution in [0.2, 0.25) is 0 Å². The molecule has 1 aromatic carbocycles. The Bertz CT molecular complexity index is 717. The van der Waals surface area contributed by atoms with Gasteiger partial charge in [-0.3, -0.25) is 4.79 Å². The number of hydrogen-bond acceptors (Lipinski definition) is 4. The maximum absolute atomic E-state index is 12.1. The third-order valence-corrected chi connectivity index (χ3v) is 3.65. The fourth-order valence-corrected chi connectivity index (χ4v) is 2.42. The molecule has 0 saturated heterocycles. The molecule has 0 aliphatic rings. The summed E-state index contributed by atoms with van der Waals surface area (Å²) in [6.07, 6.45) is 3.47. The van der Waals surface area contributed by atoms with Gasteiger partial charge in [0.05, 0.1) is 23.9 Å². The van der Waals surface area contributed by atoms with Gasteiger partial charge in [-0.1, -0.05) is 0 Å². The van der Waals surface area contributed by atoms with Crippen molar-refractivity contribution < 1.29 is 4.79 Å². The van der Waals surface area contributed by atoms with Crippen LogP contribution in [0, 0.1) is 0 Å². The summed E-state index contributed by atoms with van der Waals surface area (Å²) in [5, 5.41) is 5.65. The van der Waals surface area contributed by atoms with Crippen LogP contribution in [0.3, 0.4) is 0 Å². The van der Waals surface area contributed by atoms with Crippen LogP contribution in [0.1, 0.15) is 15.4 Å². The molecule has 6 heteroatoms. The topological polar surface area (TPSA) is 59.8 Å². The van der Waals surface area contributed by atoms with E-state index in [9.17, 15) is 4.79 Å². The highest BCUT2D eigenvalue weighted by molar-refractivity contribution is 7.09. The van der Waals surface area contributed by atoms with Gasteiger partial charge in [0.2, 0.25) is 0 Å².